The number of nitrogens with zero attached hydrogens (tertiary/aromatic N) is 2. The molecule has 1 aromatic heterocycles. The van der Waals surface area contributed by atoms with Crippen molar-refractivity contribution in [3.63, 3.8) is 0 Å². The SMILES string of the molecule is C=CCn1cc(CNCC(=O)Nc2cc(C)ccc2OC)c(C)n1. The van der Waals surface area contributed by atoms with Gasteiger partial charge in [0, 0.05) is 18.3 Å². The minimum Gasteiger partial charge on any atom is -0.495 e. The van der Waals surface area contributed by atoms with Crippen LogP contribution in [0.2, 0.25) is 0 Å². The van der Waals surface area contributed by atoms with Crippen molar-refractivity contribution in [2.24, 2.45) is 0 Å². The van der Waals surface area contributed by atoms with E-state index < -0.39 is 0 Å². The fraction of sp³-hybridized carbons (Fsp3) is 0.333. The van der Waals surface area contributed by atoms with Crippen LogP contribution in [0.1, 0.15) is 16.8 Å². The van der Waals surface area contributed by atoms with Gasteiger partial charge in [-0.05, 0) is 31.5 Å². The van der Waals surface area contributed by atoms with E-state index in [1.54, 1.807) is 13.2 Å². The molecule has 0 radical (unpaired) electrons. The molecule has 2 N–H and O–H groups in total. The van der Waals surface area contributed by atoms with Gasteiger partial charge in [0.25, 0.3) is 0 Å². The first kappa shape index (κ1) is 17.7. The van der Waals surface area contributed by atoms with Gasteiger partial charge in [-0.1, -0.05) is 12.1 Å². The summed E-state index contributed by atoms with van der Waals surface area (Å²) in [5, 5.41) is 10.4. The van der Waals surface area contributed by atoms with Crippen molar-refractivity contribution in [3.8, 4) is 5.75 Å². The molecule has 0 saturated heterocycles. The molecular formula is C18H24N4O2. The number of anilines is 1. The fourth-order valence-corrected chi connectivity index (χ4v) is 2.38. The minimum absolute atomic E-state index is 0.116. The van der Waals surface area contributed by atoms with Crippen LogP contribution >= 0.6 is 0 Å². The number of aryl methyl sites for hydroxylation is 2. The maximum absolute atomic E-state index is 12.1. The third-order valence-electron chi connectivity index (χ3n) is 3.59. The van der Waals surface area contributed by atoms with E-state index in [9.17, 15) is 4.79 Å². The highest BCUT2D eigenvalue weighted by molar-refractivity contribution is 5.93. The maximum atomic E-state index is 12.1. The fourth-order valence-electron chi connectivity index (χ4n) is 2.38. The van der Waals surface area contributed by atoms with E-state index in [1.807, 2.05) is 42.9 Å². The molecular weight excluding hydrogens is 304 g/mol. The van der Waals surface area contributed by atoms with E-state index in [0.29, 0.717) is 24.5 Å². The van der Waals surface area contributed by atoms with E-state index in [2.05, 4.69) is 22.3 Å². The van der Waals surface area contributed by atoms with Gasteiger partial charge in [-0.15, -0.1) is 6.58 Å². The number of allylic oxidation sites excluding steroid dienone is 1. The predicted octanol–water partition coefficient (Wildman–Crippen LogP) is 2.42. The van der Waals surface area contributed by atoms with Gasteiger partial charge in [0.1, 0.15) is 5.75 Å². The Morgan fingerprint density at radius 2 is 2.21 bits per heavy atom. The zero-order valence-electron chi connectivity index (χ0n) is 14.4. The highest BCUT2D eigenvalue weighted by Crippen LogP contribution is 2.24. The zero-order valence-corrected chi connectivity index (χ0v) is 14.4. The molecule has 0 fully saturated rings. The quantitative estimate of drug-likeness (QED) is 0.730. The monoisotopic (exact) mass is 328 g/mol. The molecule has 0 aliphatic rings. The lowest BCUT2D eigenvalue weighted by atomic mass is 10.2. The number of hydrogen-bond acceptors (Lipinski definition) is 4. The van der Waals surface area contributed by atoms with Crippen LogP contribution in [0.25, 0.3) is 0 Å². The summed E-state index contributed by atoms with van der Waals surface area (Å²) in [6, 6.07) is 5.67. The van der Waals surface area contributed by atoms with Crippen LogP contribution in [-0.2, 0) is 17.9 Å². The molecule has 2 rings (SSSR count). The van der Waals surface area contributed by atoms with E-state index in [0.717, 1.165) is 16.8 Å². The largest absolute Gasteiger partial charge is 0.495 e. The second-order valence-electron chi connectivity index (χ2n) is 5.61. The molecule has 128 valence electrons. The lowest BCUT2D eigenvalue weighted by Crippen LogP contribution is -2.28. The van der Waals surface area contributed by atoms with E-state index in [4.69, 9.17) is 4.74 Å². The first-order valence-corrected chi connectivity index (χ1v) is 7.82. The average molecular weight is 328 g/mol. The Balaban J connectivity index is 1.88. The molecule has 6 heteroatoms. The van der Waals surface area contributed by atoms with Gasteiger partial charge in [0.05, 0.1) is 31.6 Å². The average Bonchev–Trinajstić information content (AvgIpc) is 2.88. The maximum Gasteiger partial charge on any atom is 0.238 e. The number of rotatable bonds is 8. The van der Waals surface area contributed by atoms with Gasteiger partial charge in [0.2, 0.25) is 5.91 Å². The summed E-state index contributed by atoms with van der Waals surface area (Å²) in [4.78, 5) is 12.1. The van der Waals surface area contributed by atoms with E-state index >= 15 is 0 Å². The van der Waals surface area contributed by atoms with Crippen molar-refractivity contribution < 1.29 is 9.53 Å². The summed E-state index contributed by atoms with van der Waals surface area (Å²) in [6.07, 6.45) is 3.76. The second-order valence-corrected chi connectivity index (χ2v) is 5.61. The molecule has 2 aromatic rings. The number of aromatic nitrogens is 2. The third-order valence-corrected chi connectivity index (χ3v) is 3.59. The summed E-state index contributed by atoms with van der Waals surface area (Å²) in [7, 11) is 1.59. The van der Waals surface area contributed by atoms with Crippen molar-refractivity contribution >= 4 is 11.6 Å². The number of methoxy groups -OCH3 is 1. The van der Waals surface area contributed by atoms with E-state index in [-0.39, 0.29) is 12.5 Å². The number of hydrogen-bond donors (Lipinski definition) is 2. The predicted molar refractivity (Wildman–Crippen MR) is 95.2 cm³/mol. The summed E-state index contributed by atoms with van der Waals surface area (Å²) in [5.41, 5.74) is 3.76. The highest BCUT2D eigenvalue weighted by Gasteiger charge is 2.09. The van der Waals surface area contributed by atoms with Crippen LogP contribution < -0.4 is 15.4 Å². The molecule has 0 unspecified atom stereocenters. The summed E-state index contributed by atoms with van der Waals surface area (Å²) in [5.74, 6) is 0.533. The van der Waals surface area contributed by atoms with Crippen molar-refractivity contribution in [2.45, 2.75) is 26.9 Å². The van der Waals surface area contributed by atoms with Crippen LogP contribution in [0.15, 0.2) is 37.1 Å². The topological polar surface area (TPSA) is 68.2 Å². The van der Waals surface area contributed by atoms with Crippen molar-refractivity contribution in [1.82, 2.24) is 15.1 Å². The Morgan fingerprint density at radius 1 is 1.42 bits per heavy atom. The first-order chi connectivity index (χ1) is 11.5. The molecule has 0 saturated carbocycles. The van der Waals surface area contributed by atoms with Crippen LogP contribution in [0.4, 0.5) is 5.69 Å². The summed E-state index contributed by atoms with van der Waals surface area (Å²) >= 11 is 0. The molecule has 0 atom stereocenters. The smallest absolute Gasteiger partial charge is 0.238 e. The van der Waals surface area contributed by atoms with Gasteiger partial charge in [0.15, 0.2) is 0 Å². The Hall–Kier alpha value is -2.60. The molecule has 1 heterocycles. The van der Waals surface area contributed by atoms with Gasteiger partial charge in [-0.3, -0.25) is 9.48 Å². The number of benzene rings is 1. The Bertz CT molecular complexity index is 722. The normalized spacial score (nSPS) is 10.5. The van der Waals surface area contributed by atoms with Gasteiger partial charge < -0.3 is 15.4 Å². The number of carbonyl (C=O) groups is 1. The molecule has 1 aromatic carbocycles. The van der Waals surface area contributed by atoms with Gasteiger partial charge in [-0.2, -0.15) is 5.10 Å². The lowest BCUT2D eigenvalue weighted by Gasteiger charge is -2.11. The standard InChI is InChI=1S/C18H24N4O2/c1-5-8-22-12-15(14(3)21-22)10-19-11-18(23)20-16-9-13(2)6-7-17(16)24-4/h5-7,9,12,19H,1,8,10-11H2,2-4H3,(H,20,23). The van der Waals surface area contributed by atoms with E-state index in [1.165, 1.54) is 0 Å². The van der Waals surface area contributed by atoms with Crippen molar-refractivity contribution in [1.29, 1.82) is 0 Å². The Morgan fingerprint density at radius 3 is 2.92 bits per heavy atom. The van der Waals surface area contributed by atoms with Crippen LogP contribution in [0.3, 0.4) is 0 Å². The number of nitrogens with one attached hydrogen (secondary N) is 2. The second kappa shape index (κ2) is 8.31. The highest BCUT2D eigenvalue weighted by atomic mass is 16.5. The molecule has 0 aliphatic carbocycles. The van der Waals surface area contributed by atoms with Crippen LogP contribution in [0.5, 0.6) is 5.75 Å². The minimum atomic E-state index is -0.116. The summed E-state index contributed by atoms with van der Waals surface area (Å²) in [6.45, 7) is 9.09. The molecule has 6 nitrogen and oxygen atoms in total. The van der Waals surface area contributed by atoms with Crippen LogP contribution in [-0.4, -0.2) is 29.3 Å². The molecule has 0 aliphatic heterocycles. The van der Waals surface area contributed by atoms with Crippen molar-refractivity contribution in [3.05, 3.63) is 53.9 Å². The molecule has 0 spiro atoms. The lowest BCUT2D eigenvalue weighted by molar-refractivity contribution is -0.115. The Kier molecular flexibility index (Phi) is 6.14. The zero-order chi connectivity index (χ0) is 17.5. The first-order valence-electron chi connectivity index (χ1n) is 7.82. The Labute approximate surface area is 142 Å². The van der Waals surface area contributed by atoms with Gasteiger partial charge >= 0.3 is 0 Å². The van der Waals surface area contributed by atoms with Gasteiger partial charge in [-0.25, -0.2) is 0 Å². The number of ether oxygens (including phenoxy) is 1. The third kappa shape index (κ3) is 4.70. The van der Waals surface area contributed by atoms with Crippen LogP contribution in [0, 0.1) is 13.8 Å². The molecule has 24 heavy (non-hydrogen) atoms. The number of amides is 1. The van der Waals surface area contributed by atoms with Crippen molar-refractivity contribution in [2.75, 3.05) is 19.0 Å². The molecule has 1 amide bonds. The summed E-state index contributed by atoms with van der Waals surface area (Å²) < 4.78 is 7.09. The number of carbonyl (C=O) groups excluding carboxylic acids is 1. The molecule has 0 bridgehead atoms.